The molecule has 4 heteroatoms. The zero-order valence-electron chi connectivity index (χ0n) is 11.0. The standard InChI is InChI=1S/C16H14N2O2/c1-20-15-4-2-3-14-13(15)9-10-18(14)12-7-5-11(6-8-12)16(17)19/h2-10H,1H3,(H2,17,19). The first kappa shape index (κ1) is 12.3. The van der Waals surface area contributed by atoms with Gasteiger partial charge in [0.15, 0.2) is 0 Å². The lowest BCUT2D eigenvalue weighted by Crippen LogP contribution is -2.10. The summed E-state index contributed by atoms with van der Waals surface area (Å²) in [4.78, 5) is 11.1. The molecule has 100 valence electrons. The predicted molar refractivity (Wildman–Crippen MR) is 78.3 cm³/mol. The van der Waals surface area contributed by atoms with Crippen LogP contribution in [0, 0.1) is 0 Å². The van der Waals surface area contributed by atoms with Gasteiger partial charge in [-0.3, -0.25) is 4.79 Å². The molecular formula is C16H14N2O2. The second-order valence-corrected chi connectivity index (χ2v) is 4.49. The number of hydrogen-bond donors (Lipinski definition) is 1. The maximum absolute atomic E-state index is 11.1. The van der Waals surface area contributed by atoms with Crippen LogP contribution in [0.3, 0.4) is 0 Å². The largest absolute Gasteiger partial charge is 0.496 e. The Morgan fingerprint density at radius 3 is 2.50 bits per heavy atom. The van der Waals surface area contributed by atoms with E-state index in [0.717, 1.165) is 22.3 Å². The Balaban J connectivity index is 2.12. The molecule has 3 rings (SSSR count). The highest BCUT2D eigenvalue weighted by molar-refractivity contribution is 5.93. The van der Waals surface area contributed by atoms with Crippen molar-refractivity contribution < 1.29 is 9.53 Å². The van der Waals surface area contributed by atoms with Crippen LogP contribution in [0.15, 0.2) is 54.7 Å². The van der Waals surface area contributed by atoms with E-state index in [1.54, 1.807) is 19.2 Å². The van der Waals surface area contributed by atoms with Gasteiger partial charge in [0.05, 0.1) is 12.6 Å². The number of rotatable bonds is 3. The number of aromatic nitrogens is 1. The van der Waals surface area contributed by atoms with Gasteiger partial charge in [-0.25, -0.2) is 0 Å². The molecular weight excluding hydrogens is 252 g/mol. The van der Waals surface area contributed by atoms with E-state index in [-0.39, 0.29) is 0 Å². The van der Waals surface area contributed by atoms with Gasteiger partial charge in [-0.05, 0) is 42.5 Å². The summed E-state index contributed by atoms with van der Waals surface area (Å²) in [7, 11) is 1.66. The molecule has 0 unspecified atom stereocenters. The van der Waals surface area contributed by atoms with E-state index in [9.17, 15) is 4.79 Å². The van der Waals surface area contributed by atoms with Crippen molar-refractivity contribution in [3.8, 4) is 11.4 Å². The SMILES string of the molecule is COc1cccc2c1ccn2-c1ccc(C(N)=O)cc1. The van der Waals surface area contributed by atoms with Gasteiger partial charge in [-0.2, -0.15) is 0 Å². The Bertz CT molecular complexity index is 773. The van der Waals surface area contributed by atoms with Crippen LogP contribution < -0.4 is 10.5 Å². The molecule has 1 amide bonds. The van der Waals surface area contributed by atoms with Gasteiger partial charge >= 0.3 is 0 Å². The van der Waals surface area contributed by atoms with E-state index in [2.05, 4.69) is 0 Å². The summed E-state index contributed by atoms with van der Waals surface area (Å²) in [6.07, 6.45) is 1.98. The highest BCUT2D eigenvalue weighted by atomic mass is 16.5. The van der Waals surface area contributed by atoms with Gasteiger partial charge < -0.3 is 15.0 Å². The van der Waals surface area contributed by atoms with E-state index in [4.69, 9.17) is 10.5 Å². The summed E-state index contributed by atoms with van der Waals surface area (Å²) in [6.45, 7) is 0. The van der Waals surface area contributed by atoms with Gasteiger partial charge in [0.2, 0.25) is 5.91 Å². The van der Waals surface area contributed by atoms with Crippen molar-refractivity contribution >= 4 is 16.8 Å². The summed E-state index contributed by atoms with van der Waals surface area (Å²) in [6, 6.07) is 15.1. The van der Waals surface area contributed by atoms with Gasteiger partial charge in [0, 0.05) is 22.8 Å². The Hall–Kier alpha value is -2.75. The fourth-order valence-electron chi connectivity index (χ4n) is 2.33. The van der Waals surface area contributed by atoms with Crippen LogP contribution in [-0.4, -0.2) is 17.6 Å². The Labute approximate surface area is 116 Å². The zero-order chi connectivity index (χ0) is 14.1. The molecule has 1 heterocycles. The molecule has 0 atom stereocenters. The van der Waals surface area contributed by atoms with Crippen molar-refractivity contribution in [2.45, 2.75) is 0 Å². The van der Waals surface area contributed by atoms with E-state index >= 15 is 0 Å². The van der Waals surface area contributed by atoms with Crippen LogP contribution in [0.5, 0.6) is 5.75 Å². The predicted octanol–water partition coefficient (Wildman–Crippen LogP) is 2.74. The van der Waals surface area contributed by atoms with Crippen LogP contribution in [0.2, 0.25) is 0 Å². The molecule has 0 saturated heterocycles. The van der Waals surface area contributed by atoms with Crippen LogP contribution >= 0.6 is 0 Å². The number of benzene rings is 2. The van der Waals surface area contributed by atoms with E-state index in [1.807, 2.05) is 47.2 Å². The summed E-state index contributed by atoms with van der Waals surface area (Å²) in [5, 5.41) is 1.05. The van der Waals surface area contributed by atoms with E-state index < -0.39 is 5.91 Å². The molecule has 3 aromatic rings. The van der Waals surface area contributed by atoms with Gasteiger partial charge in [0.1, 0.15) is 5.75 Å². The fourth-order valence-corrected chi connectivity index (χ4v) is 2.33. The van der Waals surface area contributed by atoms with Crippen LogP contribution in [0.1, 0.15) is 10.4 Å². The molecule has 0 bridgehead atoms. The van der Waals surface area contributed by atoms with Crippen LogP contribution in [0.4, 0.5) is 0 Å². The Kier molecular flexibility index (Phi) is 2.91. The highest BCUT2D eigenvalue weighted by Gasteiger charge is 2.07. The Morgan fingerprint density at radius 1 is 1.10 bits per heavy atom. The second kappa shape index (κ2) is 4.74. The first-order valence-corrected chi connectivity index (χ1v) is 6.25. The lowest BCUT2D eigenvalue weighted by atomic mass is 10.2. The number of carbonyl (C=O) groups is 1. The molecule has 0 aliphatic heterocycles. The van der Waals surface area contributed by atoms with Gasteiger partial charge in [0.25, 0.3) is 0 Å². The molecule has 0 aliphatic carbocycles. The third-order valence-electron chi connectivity index (χ3n) is 3.34. The minimum absolute atomic E-state index is 0.421. The average molecular weight is 266 g/mol. The maximum atomic E-state index is 11.1. The van der Waals surface area contributed by atoms with E-state index in [1.165, 1.54) is 0 Å². The number of carbonyl (C=O) groups excluding carboxylic acids is 1. The number of hydrogen-bond acceptors (Lipinski definition) is 2. The molecule has 2 N–H and O–H groups in total. The normalized spacial score (nSPS) is 10.7. The molecule has 0 radical (unpaired) electrons. The zero-order valence-corrected chi connectivity index (χ0v) is 11.0. The molecule has 20 heavy (non-hydrogen) atoms. The summed E-state index contributed by atoms with van der Waals surface area (Å²) in [5.41, 5.74) is 7.77. The second-order valence-electron chi connectivity index (χ2n) is 4.49. The molecule has 0 aliphatic rings. The third kappa shape index (κ3) is 1.91. The van der Waals surface area contributed by atoms with Crippen molar-refractivity contribution in [2.75, 3.05) is 7.11 Å². The quantitative estimate of drug-likeness (QED) is 0.792. The first-order chi connectivity index (χ1) is 9.70. The molecule has 1 aromatic heterocycles. The van der Waals surface area contributed by atoms with E-state index in [0.29, 0.717) is 5.56 Å². The number of nitrogens with zero attached hydrogens (tertiary/aromatic N) is 1. The molecule has 4 nitrogen and oxygen atoms in total. The minimum Gasteiger partial charge on any atom is -0.496 e. The van der Waals surface area contributed by atoms with Crippen molar-refractivity contribution in [1.82, 2.24) is 4.57 Å². The average Bonchev–Trinajstić information content (AvgIpc) is 2.91. The molecule has 0 saturated carbocycles. The summed E-state index contributed by atoms with van der Waals surface area (Å²) in [5.74, 6) is 0.422. The van der Waals surface area contributed by atoms with Crippen LogP contribution in [0.25, 0.3) is 16.6 Å². The molecule has 0 spiro atoms. The maximum Gasteiger partial charge on any atom is 0.248 e. The number of nitrogens with two attached hydrogens (primary N) is 1. The van der Waals surface area contributed by atoms with Crippen molar-refractivity contribution in [1.29, 1.82) is 0 Å². The summed E-state index contributed by atoms with van der Waals surface area (Å²) < 4.78 is 7.40. The monoisotopic (exact) mass is 266 g/mol. The van der Waals surface area contributed by atoms with Crippen molar-refractivity contribution in [3.05, 3.63) is 60.3 Å². The third-order valence-corrected chi connectivity index (χ3v) is 3.34. The number of amides is 1. The number of fused-ring (bicyclic) bond motifs is 1. The highest BCUT2D eigenvalue weighted by Crippen LogP contribution is 2.28. The van der Waals surface area contributed by atoms with Gasteiger partial charge in [-0.1, -0.05) is 6.07 Å². The molecule has 2 aromatic carbocycles. The van der Waals surface area contributed by atoms with Crippen molar-refractivity contribution in [3.63, 3.8) is 0 Å². The number of methoxy groups -OCH3 is 1. The fraction of sp³-hybridized carbons (Fsp3) is 0.0625. The lowest BCUT2D eigenvalue weighted by Gasteiger charge is -2.07. The Morgan fingerprint density at radius 2 is 1.85 bits per heavy atom. The molecule has 0 fully saturated rings. The lowest BCUT2D eigenvalue weighted by molar-refractivity contribution is 0.100. The topological polar surface area (TPSA) is 57.2 Å². The van der Waals surface area contributed by atoms with Crippen molar-refractivity contribution in [2.24, 2.45) is 5.73 Å². The van der Waals surface area contributed by atoms with Gasteiger partial charge in [-0.15, -0.1) is 0 Å². The number of ether oxygens (including phenoxy) is 1. The smallest absolute Gasteiger partial charge is 0.248 e. The summed E-state index contributed by atoms with van der Waals surface area (Å²) >= 11 is 0. The first-order valence-electron chi connectivity index (χ1n) is 6.25. The minimum atomic E-state index is -0.421. The van der Waals surface area contributed by atoms with Crippen LogP contribution in [-0.2, 0) is 0 Å². The number of primary amides is 1.